The normalized spacial score (nSPS) is 21.7. The summed E-state index contributed by atoms with van der Waals surface area (Å²) in [7, 11) is 0. The molecule has 2 bridgehead atoms. The number of nitrogens with zero attached hydrogens (tertiary/aromatic N) is 1. The minimum Gasteiger partial charge on any atom is -0.366 e. The van der Waals surface area contributed by atoms with Crippen LogP contribution in [0.5, 0.6) is 0 Å². The molecule has 1 aliphatic rings. The molecule has 0 saturated carbocycles. The number of pyridine rings is 1. The van der Waals surface area contributed by atoms with E-state index in [4.69, 9.17) is 4.74 Å². The largest absolute Gasteiger partial charge is 0.366 e. The lowest BCUT2D eigenvalue weighted by molar-refractivity contribution is -0.146. The number of ether oxygens (including phenoxy) is 1. The van der Waals surface area contributed by atoms with E-state index < -0.39 is 30.3 Å². The first-order chi connectivity index (χ1) is 19.7. The molecule has 41 heavy (non-hydrogen) atoms. The first-order valence-electron chi connectivity index (χ1n) is 13.1. The minimum atomic E-state index is -1.61. The first-order valence-corrected chi connectivity index (χ1v) is 14.1. The van der Waals surface area contributed by atoms with Gasteiger partial charge in [-0.3, -0.25) is 19.2 Å². The van der Waals surface area contributed by atoms with E-state index in [1.165, 1.54) is 30.8 Å². The lowest BCUT2D eigenvalue weighted by Gasteiger charge is -2.29. The molecule has 0 aliphatic carbocycles. The van der Waals surface area contributed by atoms with Crippen LogP contribution >= 0.6 is 11.8 Å². The molecule has 0 fully saturated rings. The quantitative estimate of drug-likeness (QED) is 0.233. The van der Waals surface area contributed by atoms with E-state index in [0.717, 1.165) is 0 Å². The van der Waals surface area contributed by atoms with E-state index in [0.29, 0.717) is 29.0 Å². The van der Waals surface area contributed by atoms with Crippen molar-refractivity contribution in [1.82, 2.24) is 20.9 Å². The number of fused-ring (bicyclic) bond motifs is 2. The molecule has 0 saturated heterocycles. The maximum Gasteiger partial charge on any atom is 0.274 e. The number of thioether (sulfide) groups is 1. The summed E-state index contributed by atoms with van der Waals surface area (Å²) < 4.78 is 5.92. The zero-order valence-corrected chi connectivity index (χ0v) is 23.8. The van der Waals surface area contributed by atoms with Gasteiger partial charge in [-0.25, -0.2) is 4.98 Å². The Hall–Kier alpha value is -4.06. The Morgan fingerprint density at radius 1 is 1.15 bits per heavy atom. The summed E-state index contributed by atoms with van der Waals surface area (Å²) in [5, 5.41) is 19.3. The monoisotopic (exact) mass is 578 g/mol. The lowest BCUT2D eigenvalue weighted by atomic mass is 9.99. The second kappa shape index (κ2) is 15.7. The van der Waals surface area contributed by atoms with Gasteiger partial charge in [0.05, 0.1) is 24.8 Å². The zero-order chi connectivity index (χ0) is 29.8. The van der Waals surface area contributed by atoms with Gasteiger partial charge in [0.2, 0.25) is 5.91 Å². The molecule has 1 aromatic carbocycles. The Kier molecular flexibility index (Phi) is 12.0. The van der Waals surface area contributed by atoms with Gasteiger partial charge in [0.1, 0.15) is 17.4 Å². The standard InChI is InChI=1S/C30H34N4O6S/c1-4-24-28(37)34-27(19(2)21-11-6-5-7-12-21)30(39)40-23(14-8-9-16-41-20(3)35)17-26(36)31-18-22-13-10-15-25(32-22)29(38)33-24/h4-8,10-15,23,27,30,39H,2,9,16-18H2,1,3H3,(H,31,36)(H,33,38)(H,34,37)/b14-8+,24-4-/t23-,27+,30?/m1/s1. The van der Waals surface area contributed by atoms with Gasteiger partial charge in [-0.2, -0.15) is 0 Å². The summed E-state index contributed by atoms with van der Waals surface area (Å²) >= 11 is 1.18. The van der Waals surface area contributed by atoms with Crippen LogP contribution in [0.4, 0.5) is 0 Å². The Morgan fingerprint density at radius 2 is 1.90 bits per heavy atom. The van der Waals surface area contributed by atoms with Crippen molar-refractivity contribution in [2.24, 2.45) is 0 Å². The molecule has 2 heterocycles. The number of allylic oxidation sites excluding steroid dienone is 2. The molecule has 0 radical (unpaired) electrons. The predicted octanol–water partition coefficient (Wildman–Crippen LogP) is 2.86. The molecule has 1 unspecified atom stereocenters. The van der Waals surface area contributed by atoms with Crippen LogP contribution in [0.3, 0.4) is 0 Å². The number of aliphatic hydroxyl groups excluding tert-OH is 1. The fourth-order valence-electron chi connectivity index (χ4n) is 3.91. The number of carbonyl (C=O) groups excluding carboxylic acids is 4. The van der Waals surface area contributed by atoms with Crippen LogP contribution in [0, 0.1) is 0 Å². The van der Waals surface area contributed by atoms with E-state index in [-0.39, 0.29) is 35.4 Å². The van der Waals surface area contributed by atoms with Crippen molar-refractivity contribution in [2.75, 3.05) is 5.75 Å². The number of carbonyl (C=O) groups is 4. The molecule has 3 amide bonds. The molecule has 10 nitrogen and oxygen atoms in total. The summed E-state index contributed by atoms with van der Waals surface area (Å²) in [6.45, 7) is 7.22. The molecule has 1 aromatic heterocycles. The molecule has 1 aliphatic heterocycles. The number of hydrogen-bond acceptors (Lipinski definition) is 8. The topological polar surface area (TPSA) is 147 Å². The van der Waals surface area contributed by atoms with Crippen molar-refractivity contribution >= 4 is 40.2 Å². The molecule has 4 N–H and O–H groups in total. The van der Waals surface area contributed by atoms with Gasteiger partial charge in [-0.1, -0.05) is 73.0 Å². The molecule has 3 rings (SSSR count). The SMILES string of the molecule is C=C(c1ccccc1)[C@@H]1NC(=O)/C(=C/C)NC(=O)c2cccc(n2)CNC(=O)C[C@@H](/C=C/CCSC(C)=O)OC1O. The molecular weight excluding hydrogens is 544 g/mol. The second-order valence-corrected chi connectivity index (χ2v) is 10.4. The highest BCUT2D eigenvalue weighted by atomic mass is 32.2. The van der Waals surface area contributed by atoms with Crippen LogP contribution in [0.2, 0.25) is 0 Å². The third kappa shape index (κ3) is 9.82. The summed E-state index contributed by atoms with van der Waals surface area (Å²) in [4.78, 5) is 54.5. The van der Waals surface area contributed by atoms with E-state index in [1.54, 1.807) is 55.5 Å². The summed E-state index contributed by atoms with van der Waals surface area (Å²) in [5.41, 5.74) is 1.45. The average Bonchev–Trinajstić information content (AvgIpc) is 2.96. The number of nitrogens with one attached hydrogen (secondary N) is 3. The van der Waals surface area contributed by atoms with Crippen molar-refractivity contribution < 1.29 is 29.0 Å². The predicted molar refractivity (Wildman–Crippen MR) is 157 cm³/mol. The van der Waals surface area contributed by atoms with Crippen LogP contribution in [-0.2, 0) is 25.7 Å². The van der Waals surface area contributed by atoms with Crippen molar-refractivity contribution in [1.29, 1.82) is 0 Å². The van der Waals surface area contributed by atoms with E-state index in [2.05, 4.69) is 27.5 Å². The van der Waals surface area contributed by atoms with Crippen LogP contribution in [-0.4, -0.2) is 57.1 Å². The van der Waals surface area contributed by atoms with E-state index in [9.17, 15) is 24.3 Å². The van der Waals surface area contributed by atoms with Gasteiger partial charge in [0, 0.05) is 12.7 Å². The Labute approximate surface area is 243 Å². The number of amides is 3. The fourth-order valence-corrected chi connectivity index (χ4v) is 4.46. The highest BCUT2D eigenvalue weighted by molar-refractivity contribution is 8.13. The molecule has 0 spiro atoms. The molecular formula is C30H34N4O6S. The van der Waals surface area contributed by atoms with Gasteiger partial charge < -0.3 is 25.8 Å². The van der Waals surface area contributed by atoms with Crippen molar-refractivity contribution in [2.45, 2.75) is 51.7 Å². The zero-order valence-electron chi connectivity index (χ0n) is 23.0. The van der Waals surface area contributed by atoms with Crippen LogP contribution in [0.25, 0.3) is 5.57 Å². The second-order valence-electron chi connectivity index (χ2n) is 9.12. The van der Waals surface area contributed by atoms with Gasteiger partial charge in [0.15, 0.2) is 11.4 Å². The maximum atomic E-state index is 13.3. The Balaban J connectivity index is 1.95. The number of aliphatic hydroxyl groups is 1. The first kappa shape index (κ1) is 31.5. The number of hydrogen-bond donors (Lipinski definition) is 4. The van der Waals surface area contributed by atoms with Gasteiger partial charge in [0.25, 0.3) is 11.8 Å². The minimum absolute atomic E-state index is 0.00142. The Bertz CT molecular complexity index is 1330. The number of aromatic nitrogens is 1. The molecule has 216 valence electrons. The van der Waals surface area contributed by atoms with Gasteiger partial charge in [-0.05, 0) is 36.6 Å². The van der Waals surface area contributed by atoms with E-state index in [1.807, 2.05) is 6.07 Å². The highest BCUT2D eigenvalue weighted by Crippen LogP contribution is 2.21. The smallest absolute Gasteiger partial charge is 0.274 e. The van der Waals surface area contributed by atoms with Crippen molar-refractivity contribution in [3.63, 3.8) is 0 Å². The van der Waals surface area contributed by atoms with Crippen LogP contribution in [0.1, 0.15) is 48.4 Å². The maximum absolute atomic E-state index is 13.3. The van der Waals surface area contributed by atoms with Crippen molar-refractivity contribution in [3.8, 4) is 0 Å². The Morgan fingerprint density at radius 3 is 2.61 bits per heavy atom. The number of benzene rings is 1. The summed E-state index contributed by atoms with van der Waals surface area (Å²) in [6.07, 6.45) is 2.76. The highest BCUT2D eigenvalue weighted by Gasteiger charge is 2.30. The third-order valence-electron chi connectivity index (χ3n) is 6.02. The van der Waals surface area contributed by atoms with Crippen LogP contribution < -0.4 is 16.0 Å². The number of rotatable bonds is 6. The van der Waals surface area contributed by atoms with Crippen LogP contribution in [0.15, 0.2) is 79.0 Å². The summed E-state index contributed by atoms with van der Waals surface area (Å²) in [6, 6.07) is 12.6. The average molecular weight is 579 g/mol. The van der Waals surface area contributed by atoms with Gasteiger partial charge in [-0.15, -0.1) is 0 Å². The fraction of sp³-hybridized carbons (Fsp3) is 0.300. The van der Waals surface area contributed by atoms with Crippen molar-refractivity contribution in [3.05, 3.63) is 96.0 Å². The summed E-state index contributed by atoms with van der Waals surface area (Å²) in [5.74, 6) is -1.12. The van der Waals surface area contributed by atoms with Gasteiger partial charge >= 0.3 is 0 Å². The van der Waals surface area contributed by atoms with E-state index >= 15 is 0 Å². The molecule has 3 atom stereocenters. The lowest BCUT2D eigenvalue weighted by Crippen LogP contribution is -2.48. The molecule has 11 heteroatoms. The molecule has 2 aromatic rings. The third-order valence-corrected chi connectivity index (χ3v) is 6.87.